The summed E-state index contributed by atoms with van der Waals surface area (Å²) in [5, 5.41) is 0.931. The van der Waals surface area contributed by atoms with Crippen LogP contribution in [0.1, 0.15) is 42.5 Å². The van der Waals surface area contributed by atoms with Gasteiger partial charge in [0.05, 0.1) is 5.39 Å². The summed E-state index contributed by atoms with van der Waals surface area (Å²) in [6.45, 7) is 6.34. The van der Waals surface area contributed by atoms with Gasteiger partial charge in [-0.25, -0.2) is 9.97 Å². The highest BCUT2D eigenvalue weighted by Gasteiger charge is 2.32. The molecule has 0 aliphatic carbocycles. The number of ketones is 1. The molecule has 0 N–H and O–H groups in total. The van der Waals surface area contributed by atoms with Crippen LogP contribution in [0.2, 0.25) is 0 Å². The highest BCUT2D eigenvalue weighted by Crippen LogP contribution is 2.32. The lowest BCUT2D eigenvalue weighted by atomic mass is 10.1. The van der Waals surface area contributed by atoms with Gasteiger partial charge in [0.2, 0.25) is 17.6 Å². The molecule has 9 nitrogen and oxygen atoms in total. The Balaban J connectivity index is 1.28. The molecule has 1 aromatic carbocycles. The molecule has 3 aromatic rings. The van der Waals surface area contributed by atoms with Gasteiger partial charge in [-0.05, 0) is 37.8 Å². The molecule has 0 bridgehead atoms. The fraction of sp³-hybridized carbons (Fsp3) is 0.444. The Hall–Kier alpha value is -3.75. The van der Waals surface area contributed by atoms with Crippen LogP contribution < -0.4 is 4.74 Å². The highest BCUT2D eigenvalue weighted by molar-refractivity contribution is 6.38. The van der Waals surface area contributed by atoms with Crippen LogP contribution in [-0.4, -0.2) is 74.2 Å². The quantitative estimate of drug-likeness (QED) is 0.494. The predicted octanol–water partition coefficient (Wildman–Crippen LogP) is 2.66. The number of aryl methyl sites for hydroxylation is 1. The molecule has 1 atom stereocenters. The molecular weight excluding hydrogens is 458 g/mol. The maximum atomic E-state index is 12.8. The average Bonchev–Trinajstić information content (AvgIpc) is 3.19. The summed E-state index contributed by atoms with van der Waals surface area (Å²) < 4.78 is 8.63. The molecule has 2 amide bonds. The molecular formula is C27H31N5O4. The van der Waals surface area contributed by atoms with Gasteiger partial charge in [-0.2, -0.15) is 0 Å². The second-order valence-electron chi connectivity index (χ2n) is 9.61. The number of hydrogen-bond acceptors (Lipinski definition) is 6. The highest BCUT2D eigenvalue weighted by atomic mass is 16.5. The molecule has 2 aliphatic heterocycles. The van der Waals surface area contributed by atoms with Crippen molar-refractivity contribution in [1.82, 2.24) is 24.3 Å². The van der Waals surface area contributed by atoms with Gasteiger partial charge in [0.1, 0.15) is 24.6 Å². The van der Waals surface area contributed by atoms with Crippen LogP contribution in [0.15, 0.2) is 36.7 Å². The van der Waals surface area contributed by atoms with Gasteiger partial charge in [0.25, 0.3) is 5.91 Å². The van der Waals surface area contributed by atoms with Crippen molar-refractivity contribution in [3.8, 4) is 5.88 Å². The van der Waals surface area contributed by atoms with Crippen LogP contribution in [0.25, 0.3) is 11.0 Å². The van der Waals surface area contributed by atoms with E-state index in [4.69, 9.17) is 4.74 Å². The lowest BCUT2D eigenvalue weighted by Crippen LogP contribution is -2.42. The van der Waals surface area contributed by atoms with Crippen molar-refractivity contribution in [3.63, 3.8) is 0 Å². The van der Waals surface area contributed by atoms with E-state index in [1.807, 2.05) is 18.2 Å². The molecule has 0 saturated carbocycles. The van der Waals surface area contributed by atoms with Crippen molar-refractivity contribution >= 4 is 28.6 Å². The number of carbonyl (C=O) groups excluding carboxylic acids is 3. The minimum Gasteiger partial charge on any atom is -0.474 e. The Labute approximate surface area is 210 Å². The Bertz CT molecular complexity index is 1300. The van der Waals surface area contributed by atoms with Crippen LogP contribution in [-0.2, 0) is 20.9 Å². The van der Waals surface area contributed by atoms with Gasteiger partial charge >= 0.3 is 0 Å². The molecule has 5 rings (SSSR count). The number of Topliss-reactive ketones (excluding diaryl/α,β-unsaturated/α-hetero) is 1. The molecule has 188 valence electrons. The molecule has 1 unspecified atom stereocenters. The van der Waals surface area contributed by atoms with Crippen molar-refractivity contribution in [1.29, 1.82) is 0 Å². The van der Waals surface area contributed by atoms with E-state index in [-0.39, 0.29) is 25.0 Å². The lowest BCUT2D eigenvalue weighted by molar-refractivity contribution is -0.143. The lowest BCUT2D eigenvalue weighted by Gasteiger charge is -2.23. The minimum atomic E-state index is -0.544. The van der Waals surface area contributed by atoms with Crippen LogP contribution in [0.4, 0.5) is 0 Å². The van der Waals surface area contributed by atoms with E-state index in [0.29, 0.717) is 31.9 Å². The fourth-order valence-electron chi connectivity index (χ4n) is 5.11. The van der Waals surface area contributed by atoms with Gasteiger partial charge in [0, 0.05) is 44.7 Å². The van der Waals surface area contributed by atoms with Gasteiger partial charge < -0.3 is 19.1 Å². The molecule has 0 radical (unpaired) electrons. The number of hydrogen-bond donors (Lipinski definition) is 0. The van der Waals surface area contributed by atoms with Crippen LogP contribution >= 0.6 is 0 Å². The van der Waals surface area contributed by atoms with Gasteiger partial charge in [-0.15, -0.1) is 0 Å². The maximum Gasteiger partial charge on any atom is 0.290 e. The zero-order valence-corrected chi connectivity index (χ0v) is 20.8. The number of aromatic nitrogens is 3. The molecule has 2 saturated heterocycles. The van der Waals surface area contributed by atoms with Crippen LogP contribution in [0, 0.1) is 13.8 Å². The third kappa shape index (κ3) is 4.69. The molecule has 0 spiro atoms. The number of amides is 2. The number of benzene rings is 1. The van der Waals surface area contributed by atoms with Crippen molar-refractivity contribution in [3.05, 3.63) is 53.5 Å². The first-order chi connectivity index (χ1) is 17.4. The predicted molar refractivity (Wildman–Crippen MR) is 134 cm³/mol. The zero-order chi connectivity index (χ0) is 25.2. The van der Waals surface area contributed by atoms with Gasteiger partial charge in [-0.3, -0.25) is 14.4 Å². The monoisotopic (exact) mass is 489 g/mol. The SMILES string of the molecule is Cc1c(C)n(Cc2ccccc2)c2ncnc(OC3CCCN(C(=O)CN4CCC(=O)C4=O)CC3)c12. The molecule has 2 fully saturated rings. The normalized spacial score (nSPS) is 18.7. The topological polar surface area (TPSA) is 97.6 Å². The van der Waals surface area contributed by atoms with E-state index in [1.54, 1.807) is 11.2 Å². The Kier molecular flexibility index (Phi) is 6.71. The summed E-state index contributed by atoms with van der Waals surface area (Å²) in [6.07, 6.45) is 3.95. The summed E-state index contributed by atoms with van der Waals surface area (Å²) in [5.41, 5.74) is 4.29. The first-order valence-corrected chi connectivity index (χ1v) is 12.5. The Morgan fingerprint density at radius 3 is 2.61 bits per heavy atom. The largest absolute Gasteiger partial charge is 0.474 e. The number of rotatable bonds is 6. The van der Waals surface area contributed by atoms with Crippen molar-refractivity contribution < 1.29 is 19.1 Å². The first kappa shape index (κ1) is 24.0. The summed E-state index contributed by atoms with van der Waals surface area (Å²) in [4.78, 5) is 48.4. The Morgan fingerprint density at radius 2 is 1.86 bits per heavy atom. The second-order valence-corrected chi connectivity index (χ2v) is 9.61. The number of nitrogens with zero attached hydrogens (tertiary/aromatic N) is 5. The minimum absolute atomic E-state index is 0.0317. The summed E-state index contributed by atoms with van der Waals surface area (Å²) in [6, 6.07) is 10.3. The third-order valence-corrected chi connectivity index (χ3v) is 7.32. The van der Waals surface area contributed by atoms with E-state index in [2.05, 4.69) is 40.5 Å². The van der Waals surface area contributed by atoms with E-state index in [1.165, 1.54) is 10.5 Å². The molecule has 9 heteroatoms. The number of likely N-dealkylation sites (tertiary alicyclic amines) is 2. The smallest absolute Gasteiger partial charge is 0.290 e. The van der Waals surface area contributed by atoms with E-state index < -0.39 is 11.7 Å². The standard InChI is InChI=1S/C27H31N5O4/c1-18-19(2)32(15-20-7-4-3-5-8-20)25-24(18)26(29-17-28-25)36-21-9-6-12-30(13-10-21)23(34)16-31-14-11-22(33)27(31)35/h3-5,7-8,17,21H,6,9-16H2,1-2H3. The molecule has 4 heterocycles. The van der Waals surface area contributed by atoms with Crippen molar-refractivity contribution in [2.75, 3.05) is 26.2 Å². The Morgan fingerprint density at radius 1 is 1.06 bits per heavy atom. The molecule has 2 aromatic heterocycles. The first-order valence-electron chi connectivity index (χ1n) is 12.5. The third-order valence-electron chi connectivity index (χ3n) is 7.32. The average molecular weight is 490 g/mol. The maximum absolute atomic E-state index is 12.8. The number of fused-ring (bicyclic) bond motifs is 1. The van der Waals surface area contributed by atoms with Gasteiger partial charge in [0.15, 0.2) is 0 Å². The zero-order valence-electron chi connectivity index (χ0n) is 20.8. The summed E-state index contributed by atoms with van der Waals surface area (Å²) in [7, 11) is 0. The number of ether oxygens (including phenoxy) is 1. The summed E-state index contributed by atoms with van der Waals surface area (Å²) >= 11 is 0. The van der Waals surface area contributed by atoms with Crippen molar-refractivity contribution in [2.24, 2.45) is 0 Å². The van der Waals surface area contributed by atoms with E-state index in [0.717, 1.165) is 41.7 Å². The van der Waals surface area contributed by atoms with Crippen molar-refractivity contribution in [2.45, 2.75) is 52.2 Å². The van der Waals surface area contributed by atoms with E-state index in [9.17, 15) is 14.4 Å². The second kappa shape index (κ2) is 10.1. The summed E-state index contributed by atoms with van der Waals surface area (Å²) in [5.74, 6) is -0.491. The van der Waals surface area contributed by atoms with Gasteiger partial charge in [-0.1, -0.05) is 30.3 Å². The molecule has 2 aliphatic rings. The molecule has 36 heavy (non-hydrogen) atoms. The van der Waals surface area contributed by atoms with E-state index >= 15 is 0 Å². The van der Waals surface area contributed by atoms with Crippen LogP contribution in [0.5, 0.6) is 5.88 Å². The van der Waals surface area contributed by atoms with Crippen LogP contribution in [0.3, 0.4) is 0 Å². The fourth-order valence-corrected chi connectivity index (χ4v) is 5.11. The number of carbonyl (C=O) groups is 3.